The molecule has 1 atom stereocenters. The summed E-state index contributed by atoms with van der Waals surface area (Å²) >= 11 is 1.48. The van der Waals surface area contributed by atoms with Gasteiger partial charge in [0.2, 0.25) is 0 Å². The molecule has 0 radical (unpaired) electrons. The van der Waals surface area contributed by atoms with Crippen LogP contribution < -0.4 is 5.32 Å². The molecule has 3 rings (SSSR count). The zero-order valence-corrected chi connectivity index (χ0v) is 16.1. The van der Waals surface area contributed by atoms with Crippen LogP contribution in [0.15, 0.2) is 17.6 Å². The lowest BCUT2D eigenvalue weighted by molar-refractivity contribution is -0.127. The van der Waals surface area contributed by atoms with Gasteiger partial charge in [0.15, 0.2) is 10.9 Å². The zero-order chi connectivity index (χ0) is 19.0. The summed E-state index contributed by atoms with van der Waals surface area (Å²) < 4.78 is 1.91. The van der Waals surface area contributed by atoms with E-state index in [2.05, 4.69) is 10.3 Å². The Morgan fingerprint density at radius 3 is 2.69 bits per heavy atom. The largest absolute Gasteiger partial charge is 0.326 e. The smallest absolute Gasteiger partial charge is 0.325 e. The van der Waals surface area contributed by atoms with E-state index in [1.807, 2.05) is 37.6 Å². The highest BCUT2D eigenvalue weighted by atomic mass is 32.1. The molecular weight excluding hydrogens is 352 g/mol. The van der Waals surface area contributed by atoms with Crippen molar-refractivity contribution in [3.63, 3.8) is 0 Å². The van der Waals surface area contributed by atoms with Gasteiger partial charge < -0.3 is 5.32 Å². The second-order valence-corrected chi connectivity index (χ2v) is 7.79. The van der Waals surface area contributed by atoms with E-state index < -0.39 is 12.1 Å². The van der Waals surface area contributed by atoms with Gasteiger partial charge in [0, 0.05) is 28.5 Å². The van der Waals surface area contributed by atoms with Crippen molar-refractivity contribution in [2.45, 2.75) is 40.2 Å². The van der Waals surface area contributed by atoms with E-state index in [1.165, 1.54) is 11.3 Å². The number of carbonyl (C=O) groups is 3. The lowest BCUT2D eigenvalue weighted by atomic mass is 10.0. The standard InChI is InChI=1S/C18H22N4O3S/c1-10(2)7-14-16(24)21(17(25)20-14)9-15(23)13-8-11(3)22(12(13)4)18-19-5-6-26-18/h5-6,8,10,14H,7,9H2,1-4H3,(H,20,25)/t14-/m0/s1. The fourth-order valence-corrected chi connectivity index (χ4v) is 4.00. The molecule has 0 saturated carbocycles. The predicted molar refractivity (Wildman–Crippen MR) is 98.7 cm³/mol. The van der Waals surface area contributed by atoms with Gasteiger partial charge in [-0.1, -0.05) is 13.8 Å². The zero-order valence-electron chi connectivity index (χ0n) is 15.3. The first-order chi connectivity index (χ1) is 12.3. The monoisotopic (exact) mass is 374 g/mol. The van der Waals surface area contributed by atoms with E-state index in [0.29, 0.717) is 12.0 Å². The summed E-state index contributed by atoms with van der Waals surface area (Å²) in [5.74, 6) is -0.308. The summed E-state index contributed by atoms with van der Waals surface area (Å²) in [5, 5.41) is 5.32. The fourth-order valence-electron chi connectivity index (χ4n) is 3.25. The Kier molecular flexibility index (Phi) is 4.95. The number of hydrogen-bond donors (Lipinski definition) is 1. The van der Waals surface area contributed by atoms with Crippen molar-refractivity contribution < 1.29 is 14.4 Å². The number of ketones is 1. The Morgan fingerprint density at radius 1 is 1.35 bits per heavy atom. The van der Waals surface area contributed by atoms with Gasteiger partial charge in [-0.05, 0) is 32.3 Å². The number of aromatic nitrogens is 2. The molecule has 3 amide bonds. The number of Topliss-reactive ketones (excluding diaryl/α,β-unsaturated/α-hetero) is 1. The van der Waals surface area contributed by atoms with Crippen LogP contribution in [0.5, 0.6) is 0 Å². The number of rotatable bonds is 6. The normalized spacial score (nSPS) is 17.3. The highest BCUT2D eigenvalue weighted by molar-refractivity contribution is 7.12. The molecule has 7 nitrogen and oxygen atoms in total. The Morgan fingerprint density at radius 2 is 2.08 bits per heavy atom. The number of carbonyl (C=O) groups excluding carboxylic acids is 3. The average Bonchev–Trinajstić information content (AvgIpc) is 3.23. The molecule has 8 heteroatoms. The van der Waals surface area contributed by atoms with Crippen molar-refractivity contribution in [2.75, 3.05) is 6.54 Å². The third kappa shape index (κ3) is 3.29. The summed E-state index contributed by atoms with van der Waals surface area (Å²) in [6.07, 6.45) is 2.27. The summed E-state index contributed by atoms with van der Waals surface area (Å²) in [5.41, 5.74) is 2.15. The number of urea groups is 1. The highest BCUT2D eigenvalue weighted by Gasteiger charge is 2.39. The highest BCUT2D eigenvalue weighted by Crippen LogP contribution is 2.23. The number of imide groups is 1. The molecule has 2 aromatic heterocycles. The summed E-state index contributed by atoms with van der Waals surface area (Å²) in [6.45, 7) is 7.47. The van der Waals surface area contributed by atoms with Crippen molar-refractivity contribution in [1.29, 1.82) is 0 Å². The molecule has 1 aliphatic heterocycles. The Balaban J connectivity index is 1.80. The van der Waals surface area contributed by atoms with Crippen LogP contribution in [0.4, 0.5) is 4.79 Å². The summed E-state index contributed by atoms with van der Waals surface area (Å²) in [6, 6.07) is 0.740. The van der Waals surface area contributed by atoms with E-state index in [-0.39, 0.29) is 24.2 Å². The average molecular weight is 374 g/mol. The molecule has 1 N–H and O–H groups in total. The minimum atomic E-state index is -0.543. The van der Waals surface area contributed by atoms with Crippen LogP contribution in [-0.2, 0) is 4.79 Å². The second-order valence-electron chi connectivity index (χ2n) is 6.91. The fraction of sp³-hybridized carbons (Fsp3) is 0.444. The number of amides is 3. The molecule has 1 aliphatic rings. The molecule has 1 saturated heterocycles. The lowest BCUT2D eigenvalue weighted by Crippen LogP contribution is -2.36. The van der Waals surface area contributed by atoms with Crippen molar-refractivity contribution >= 4 is 29.1 Å². The van der Waals surface area contributed by atoms with Crippen LogP contribution in [0.3, 0.4) is 0 Å². The minimum absolute atomic E-state index is 0.249. The van der Waals surface area contributed by atoms with Gasteiger partial charge in [-0.15, -0.1) is 11.3 Å². The summed E-state index contributed by atoms with van der Waals surface area (Å²) in [4.78, 5) is 42.6. The predicted octanol–water partition coefficient (Wildman–Crippen LogP) is 2.70. The molecule has 0 aliphatic carbocycles. The number of hydrogen-bond acceptors (Lipinski definition) is 5. The van der Waals surface area contributed by atoms with Crippen molar-refractivity contribution in [2.24, 2.45) is 5.92 Å². The molecular formula is C18H22N4O3S. The van der Waals surface area contributed by atoms with Gasteiger partial charge in [-0.25, -0.2) is 9.78 Å². The van der Waals surface area contributed by atoms with Gasteiger partial charge in [0.05, 0.1) is 6.54 Å². The van der Waals surface area contributed by atoms with E-state index in [9.17, 15) is 14.4 Å². The summed E-state index contributed by atoms with van der Waals surface area (Å²) in [7, 11) is 0. The topological polar surface area (TPSA) is 84.3 Å². The van der Waals surface area contributed by atoms with Crippen molar-refractivity contribution in [3.8, 4) is 5.13 Å². The molecule has 0 spiro atoms. The molecule has 2 aromatic rings. The molecule has 0 bridgehead atoms. The third-order valence-electron chi connectivity index (χ3n) is 4.46. The van der Waals surface area contributed by atoms with Crippen LogP contribution in [-0.4, -0.2) is 44.8 Å². The first kappa shape index (κ1) is 18.3. The SMILES string of the molecule is Cc1cc(C(=O)CN2C(=O)N[C@@H](CC(C)C)C2=O)c(C)n1-c1nccs1. The third-order valence-corrected chi connectivity index (χ3v) is 5.21. The minimum Gasteiger partial charge on any atom is -0.326 e. The molecule has 26 heavy (non-hydrogen) atoms. The maximum absolute atomic E-state index is 12.8. The first-order valence-electron chi connectivity index (χ1n) is 8.53. The van der Waals surface area contributed by atoms with Gasteiger partial charge in [0.25, 0.3) is 5.91 Å². The maximum Gasteiger partial charge on any atom is 0.325 e. The van der Waals surface area contributed by atoms with Crippen molar-refractivity contribution in [3.05, 3.63) is 34.6 Å². The molecule has 0 aromatic carbocycles. The van der Waals surface area contributed by atoms with Crippen molar-refractivity contribution in [1.82, 2.24) is 19.8 Å². The maximum atomic E-state index is 12.8. The van der Waals surface area contributed by atoms with Gasteiger partial charge in [0.1, 0.15) is 6.04 Å². The number of nitrogens with one attached hydrogen (secondary N) is 1. The van der Waals surface area contributed by atoms with Gasteiger partial charge in [-0.3, -0.25) is 19.1 Å². The first-order valence-corrected chi connectivity index (χ1v) is 9.41. The second kappa shape index (κ2) is 7.03. The van der Waals surface area contributed by atoms with Crippen LogP contribution in [0, 0.1) is 19.8 Å². The Bertz CT molecular complexity index is 854. The van der Waals surface area contributed by atoms with E-state index in [0.717, 1.165) is 21.4 Å². The van der Waals surface area contributed by atoms with Gasteiger partial charge in [-0.2, -0.15) is 0 Å². The van der Waals surface area contributed by atoms with E-state index in [4.69, 9.17) is 0 Å². The Hall–Kier alpha value is -2.48. The molecule has 0 unspecified atom stereocenters. The van der Waals surface area contributed by atoms with E-state index in [1.54, 1.807) is 12.3 Å². The molecule has 1 fully saturated rings. The van der Waals surface area contributed by atoms with Crippen LogP contribution >= 0.6 is 11.3 Å². The number of thiazole rings is 1. The quantitative estimate of drug-likeness (QED) is 0.622. The van der Waals surface area contributed by atoms with Crippen LogP contribution in [0.25, 0.3) is 5.13 Å². The lowest BCUT2D eigenvalue weighted by Gasteiger charge is -2.13. The number of nitrogens with zero attached hydrogens (tertiary/aromatic N) is 3. The van der Waals surface area contributed by atoms with E-state index >= 15 is 0 Å². The Labute approximate surface area is 156 Å². The molecule has 138 valence electrons. The van der Waals surface area contributed by atoms with Crippen LogP contribution in [0.1, 0.15) is 42.0 Å². The molecule has 3 heterocycles. The van der Waals surface area contributed by atoms with Crippen LogP contribution in [0.2, 0.25) is 0 Å². The number of aryl methyl sites for hydroxylation is 1. The van der Waals surface area contributed by atoms with Gasteiger partial charge >= 0.3 is 6.03 Å².